The van der Waals surface area contributed by atoms with Crippen LogP contribution in [0.5, 0.6) is 0 Å². The lowest BCUT2D eigenvalue weighted by Gasteiger charge is -2.00. The number of aromatic amines is 1. The Morgan fingerprint density at radius 3 is 2.40 bits per heavy atom. The number of para-hydroxylation sites is 2. The van der Waals surface area contributed by atoms with Gasteiger partial charge < -0.3 is 4.98 Å². The predicted molar refractivity (Wildman–Crippen MR) is 93.0 cm³/mol. The zero-order valence-corrected chi connectivity index (χ0v) is 13.7. The number of thioether (sulfide) groups is 1. The van der Waals surface area contributed by atoms with E-state index in [1.54, 1.807) is 0 Å². The van der Waals surface area contributed by atoms with Crippen molar-refractivity contribution in [2.24, 2.45) is 0 Å². The van der Waals surface area contributed by atoms with E-state index in [9.17, 15) is 0 Å². The van der Waals surface area contributed by atoms with E-state index in [4.69, 9.17) is 0 Å². The van der Waals surface area contributed by atoms with Gasteiger partial charge in [-0.1, -0.05) is 56.0 Å². The summed E-state index contributed by atoms with van der Waals surface area (Å²) in [5, 5.41) is 1.06. The molecule has 4 heteroatoms. The van der Waals surface area contributed by atoms with Crippen molar-refractivity contribution in [1.82, 2.24) is 9.97 Å². The topological polar surface area (TPSA) is 28.7 Å². The molecule has 0 atom stereocenters. The van der Waals surface area contributed by atoms with Crippen LogP contribution in [0.15, 0.2) is 29.4 Å². The maximum absolute atomic E-state index is 4.58. The van der Waals surface area contributed by atoms with E-state index in [2.05, 4.69) is 34.7 Å². The Balaban J connectivity index is 1.55. The van der Waals surface area contributed by atoms with Gasteiger partial charge in [-0.25, -0.2) is 4.98 Å². The third-order valence-electron chi connectivity index (χ3n) is 3.41. The van der Waals surface area contributed by atoms with Crippen LogP contribution in [-0.2, 0) is 0 Å². The molecule has 2 nitrogen and oxygen atoms in total. The zero-order chi connectivity index (χ0) is 14.0. The lowest BCUT2D eigenvalue weighted by molar-refractivity contribution is 0.605. The second-order valence-electron chi connectivity index (χ2n) is 5.11. The van der Waals surface area contributed by atoms with Crippen LogP contribution < -0.4 is 0 Å². The summed E-state index contributed by atoms with van der Waals surface area (Å²) < 4.78 is 0. The number of hydrogen-bond acceptors (Lipinski definition) is 3. The van der Waals surface area contributed by atoms with Crippen molar-refractivity contribution in [2.45, 2.75) is 50.1 Å². The van der Waals surface area contributed by atoms with Crippen LogP contribution in [0.25, 0.3) is 11.0 Å². The van der Waals surface area contributed by atoms with E-state index in [0.717, 1.165) is 27.7 Å². The molecule has 0 amide bonds. The minimum absolute atomic E-state index is 1.04. The van der Waals surface area contributed by atoms with Crippen LogP contribution in [0.4, 0.5) is 0 Å². The normalized spacial score (nSPS) is 11.2. The quantitative estimate of drug-likeness (QED) is 0.353. The maximum Gasteiger partial charge on any atom is 0.166 e. The van der Waals surface area contributed by atoms with E-state index in [0.29, 0.717) is 0 Å². The highest BCUT2D eigenvalue weighted by Crippen LogP contribution is 2.20. The molecule has 20 heavy (non-hydrogen) atoms. The maximum atomic E-state index is 4.58. The molecular formula is C16H24N2S2. The molecule has 0 aliphatic carbocycles. The number of imidazole rings is 1. The molecule has 0 bridgehead atoms. The van der Waals surface area contributed by atoms with Gasteiger partial charge in [0.25, 0.3) is 0 Å². The molecule has 0 saturated carbocycles. The molecule has 1 aromatic heterocycles. The van der Waals surface area contributed by atoms with Crippen molar-refractivity contribution in [2.75, 3.05) is 11.5 Å². The van der Waals surface area contributed by atoms with Gasteiger partial charge >= 0.3 is 0 Å². The summed E-state index contributed by atoms with van der Waals surface area (Å²) in [5.41, 5.74) is 2.21. The number of nitrogens with zero attached hydrogens (tertiary/aromatic N) is 1. The van der Waals surface area contributed by atoms with Gasteiger partial charge in [0.2, 0.25) is 0 Å². The van der Waals surface area contributed by atoms with Gasteiger partial charge in [-0.05, 0) is 30.7 Å². The molecule has 0 saturated heterocycles. The summed E-state index contributed by atoms with van der Waals surface area (Å²) in [5.74, 6) is 2.20. The van der Waals surface area contributed by atoms with Crippen LogP contribution in [0.3, 0.4) is 0 Å². The van der Waals surface area contributed by atoms with Crippen LogP contribution in [0.2, 0.25) is 0 Å². The summed E-state index contributed by atoms with van der Waals surface area (Å²) >= 11 is 6.07. The number of fused-ring (bicyclic) bond motifs is 1. The zero-order valence-electron chi connectivity index (χ0n) is 12.0. The van der Waals surface area contributed by atoms with Crippen LogP contribution in [-0.4, -0.2) is 21.5 Å². The largest absolute Gasteiger partial charge is 0.333 e. The minimum atomic E-state index is 1.04. The van der Waals surface area contributed by atoms with Crippen molar-refractivity contribution in [3.63, 3.8) is 0 Å². The molecule has 1 N–H and O–H groups in total. The van der Waals surface area contributed by atoms with Gasteiger partial charge in [0.1, 0.15) is 0 Å². The fourth-order valence-corrected chi connectivity index (χ4v) is 3.37. The summed E-state index contributed by atoms with van der Waals surface area (Å²) in [4.78, 5) is 7.95. The van der Waals surface area contributed by atoms with Crippen molar-refractivity contribution in [3.05, 3.63) is 24.3 Å². The molecule has 0 fully saturated rings. The molecule has 0 radical (unpaired) electrons. The fourth-order valence-electron chi connectivity index (χ4n) is 2.26. The first-order valence-electron chi connectivity index (χ1n) is 7.58. The smallest absolute Gasteiger partial charge is 0.166 e. The Hall–Kier alpha value is -0.610. The first kappa shape index (κ1) is 15.8. The van der Waals surface area contributed by atoms with Crippen molar-refractivity contribution < 1.29 is 0 Å². The second-order valence-corrected chi connectivity index (χ2v) is 6.64. The number of thiol groups is 1. The monoisotopic (exact) mass is 308 g/mol. The average Bonchev–Trinajstić information content (AvgIpc) is 2.88. The molecule has 0 unspecified atom stereocenters. The molecule has 0 aliphatic heterocycles. The number of unbranched alkanes of at least 4 members (excludes halogenated alkanes) is 6. The van der Waals surface area contributed by atoms with Crippen LogP contribution >= 0.6 is 24.4 Å². The standard InChI is InChI=1S/C16H24N2S2/c19-12-8-4-2-1-3-5-9-13-20-16-17-14-10-6-7-11-15(14)18-16/h6-7,10-11,19H,1-5,8-9,12-13H2,(H,17,18). The molecule has 110 valence electrons. The molecule has 0 aliphatic rings. The molecule has 2 aromatic rings. The highest BCUT2D eigenvalue weighted by atomic mass is 32.2. The van der Waals surface area contributed by atoms with E-state index >= 15 is 0 Å². The van der Waals surface area contributed by atoms with Gasteiger partial charge in [0.05, 0.1) is 11.0 Å². The third kappa shape index (κ3) is 5.41. The SMILES string of the molecule is SCCCCCCCCCSc1nc2ccccc2[nH]1. The second kappa shape index (κ2) is 9.35. The van der Waals surface area contributed by atoms with Gasteiger partial charge in [-0.15, -0.1) is 0 Å². The van der Waals surface area contributed by atoms with Gasteiger partial charge in [0, 0.05) is 5.75 Å². The average molecular weight is 309 g/mol. The van der Waals surface area contributed by atoms with Gasteiger partial charge in [0.15, 0.2) is 5.16 Å². The summed E-state index contributed by atoms with van der Waals surface area (Å²) in [6.45, 7) is 0. The number of benzene rings is 1. The van der Waals surface area contributed by atoms with E-state index in [-0.39, 0.29) is 0 Å². The molecular weight excluding hydrogens is 284 g/mol. The minimum Gasteiger partial charge on any atom is -0.333 e. The number of H-pyrrole nitrogens is 1. The third-order valence-corrected chi connectivity index (χ3v) is 4.68. The highest BCUT2D eigenvalue weighted by molar-refractivity contribution is 7.99. The number of aromatic nitrogens is 2. The lowest BCUT2D eigenvalue weighted by Crippen LogP contribution is -1.84. The Labute approximate surface area is 131 Å². The summed E-state index contributed by atoms with van der Waals surface area (Å²) in [6.07, 6.45) is 9.36. The van der Waals surface area contributed by atoms with E-state index < -0.39 is 0 Å². The summed E-state index contributed by atoms with van der Waals surface area (Å²) in [7, 11) is 0. The Morgan fingerprint density at radius 2 is 1.65 bits per heavy atom. The van der Waals surface area contributed by atoms with E-state index in [1.165, 1.54) is 44.9 Å². The van der Waals surface area contributed by atoms with Gasteiger partial charge in [-0.2, -0.15) is 12.6 Å². The first-order chi connectivity index (χ1) is 9.90. The summed E-state index contributed by atoms with van der Waals surface area (Å²) in [6, 6.07) is 8.21. The van der Waals surface area contributed by atoms with Gasteiger partial charge in [-0.3, -0.25) is 0 Å². The van der Waals surface area contributed by atoms with E-state index in [1.807, 2.05) is 23.9 Å². The Kier molecular flexibility index (Phi) is 7.37. The molecule has 0 spiro atoms. The Morgan fingerprint density at radius 1 is 0.950 bits per heavy atom. The van der Waals surface area contributed by atoms with Crippen molar-refractivity contribution in [1.29, 1.82) is 0 Å². The predicted octanol–water partition coefficient (Wildman–Crippen LogP) is 5.32. The molecule has 1 aromatic carbocycles. The lowest BCUT2D eigenvalue weighted by atomic mass is 10.1. The number of hydrogen-bond donors (Lipinski definition) is 2. The molecule has 2 rings (SSSR count). The Bertz CT molecular complexity index is 463. The van der Waals surface area contributed by atoms with Crippen LogP contribution in [0.1, 0.15) is 44.9 Å². The van der Waals surface area contributed by atoms with Crippen LogP contribution in [0, 0.1) is 0 Å². The fraction of sp³-hybridized carbons (Fsp3) is 0.562. The van der Waals surface area contributed by atoms with Crippen molar-refractivity contribution in [3.8, 4) is 0 Å². The number of rotatable bonds is 10. The van der Waals surface area contributed by atoms with Crippen molar-refractivity contribution >= 4 is 35.4 Å². The highest BCUT2D eigenvalue weighted by Gasteiger charge is 2.01. The molecule has 1 heterocycles. The number of nitrogens with one attached hydrogen (secondary N) is 1. The first-order valence-corrected chi connectivity index (χ1v) is 9.20.